The first-order valence-corrected chi connectivity index (χ1v) is 9.60. The molecule has 1 aromatic heterocycles. The molecule has 0 saturated carbocycles. The molecule has 0 fully saturated rings. The summed E-state index contributed by atoms with van der Waals surface area (Å²) in [6.45, 7) is 8.05. The second-order valence-electron chi connectivity index (χ2n) is 6.50. The average Bonchev–Trinajstić information content (AvgIpc) is 3.06. The fourth-order valence-corrected chi connectivity index (χ4v) is 3.30. The van der Waals surface area contributed by atoms with E-state index in [9.17, 15) is 4.79 Å². The average molecular weight is 436 g/mol. The molecule has 0 unspecified atom stereocenters. The van der Waals surface area contributed by atoms with Gasteiger partial charge in [-0.1, -0.05) is 28.0 Å². The molecule has 0 radical (unpaired) electrons. The zero-order valence-corrected chi connectivity index (χ0v) is 17.3. The minimum absolute atomic E-state index is 0.243. The predicted octanol–water partition coefficient (Wildman–Crippen LogP) is 3.46. The SMILES string of the molecule is CCCOc1ccc(Br)cc1[C@H]1C(C(=O)OC(C)C)=C(C)Nc2nnnn21. The molecular weight excluding hydrogens is 414 g/mol. The molecule has 1 N–H and O–H groups in total. The highest BCUT2D eigenvalue weighted by molar-refractivity contribution is 9.10. The van der Waals surface area contributed by atoms with Crippen molar-refractivity contribution in [2.45, 2.75) is 46.3 Å². The Morgan fingerprint density at radius 2 is 2.19 bits per heavy atom. The third-order valence-electron chi connectivity index (χ3n) is 4.00. The Kier molecular flexibility index (Phi) is 5.79. The normalized spacial score (nSPS) is 16.1. The van der Waals surface area contributed by atoms with Crippen molar-refractivity contribution < 1.29 is 14.3 Å². The molecule has 0 amide bonds. The minimum Gasteiger partial charge on any atom is -0.493 e. The lowest BCUT2D eigenvalue weighted by molar-refractivity contribution is -0.143. The molecule has 8 nitrogen and oxygen atoms in total. The van der Waals surface area contributed by atoms with E-state index in [2.05, 4.69) is 36.8 Å². The summed E-state index contributed by atoms with van der Waals surface area (Å²) in [7, 11) is 0. The Balaban J connectivity index is 2.15. The van der Waals surface area contributed by atoms with Crippen molar-refractivity contribution >= 4 is 27.8 Å². The van der Waals surface area contributed by atoms with Gasteiger partial charge in [-0.3, -0.25) is 0 Å². The van der Waals surface area contributed by atoms with Crippen LogP contribution < -0.4 is 10.1 Å². The summed E-state index contributed by atoms with van der Waals surface area (Å²) in [5.41, 5.74) is 1.88. The molecular formula is C18H22BrN5O3. The zero-order valence-electron chi connectivity index (χ0n) is 15.7. The van der Waals surface area contributed by atoms with E-state index in [1.165, 1.54) is 0 Å². The number of rotatable bonds is 6. The molecule has 0 spiro atoms. The van der Waals surface area contributed by atoms with Gasteiger partial charge in [0.2, 0.25) is 5.95 Å². The lowest BCUT2D eigenvalue weighted by Crippen LogP contribution is -2.31. The van der Waals surface area contributed by atoms with Gasteiger partial charge in [-0.2, -0.15) is 4.68 Å². The molecule has 1 atom stereocenters. The smallest absolute Gasteiger partial charge is 0.338 e. The van der Waals surface area contributed by atoms with Crippen LogP contribution in [-0.4, -0.2) is 38.9 Å². The number of anilines is 1. The summed E-state index contributed by atoms with van der Waals surface area (Å²) < 4.78 is 13.9. The summed E-state index contributed by atoms with van der Waals surface area (Å²) in [6.07, 6.45) is 0.627. The topological polar surface area (TPSA) is 91.2 Å². The van der Waals surface area contributed by atoms with E-state index in [4.69, 9.17) is 9.47 Å². The number of halogens is 1. The highest BCUT2D eigenvalue weighted by atomic mass is 79.9. The number of nitrogens with zero attached hydrogens (tertiary/aromatic N) is 4. The number of hydrogen-bond acceptors (Lipinski definition) is 7. The predicted molar refractivity (Wildman–Crippen MR) is 103 cm³/mol. The second-order valence-corrected chi connectivity index (χ2v) is 7.41. The van der Waals surface area contributed by atoms with Crippen molar-refractivity contribution in [3.05, 3.63) is 39.5 Å². The van der Waals surface area contributed by atoms with Crippen LogP contribution in [-0.2, 0) is 9.53 Å². The maximum absolute atomic E-state index is 12.9. The van der Waals surface area contributed by atoms with Crippen LogP contribution in [0.4, 0.5) is 5.95 Å². The van der Waals surface area contributed by atoms with Gasteiger partial charge >= 0.3 is 5.97 Å². The van der Waals surface area contributed by atoms with Gasteiger partial charge in [0.15, 0.2) is 0 Å². The zero-order chi connectivity index (χ0) is 19.6. The van der Waals surface area contributed by atoms with E-state index in [0.29, 0.717) is 29.6 Å². The fraction of sp³-hybridized carbons (Fsp3) is 0.444. The van der Waals surface area contributed by atoms with E-state index < -0.39 is 12.0 Å². The number of tetrazole rings is 1. The maximum Gasteiger partial charge on any atom is 0.338 e. The van der Waals surface area contributed by atoms with Crippen LogP contribution in [0.2, 0.25) is 0 Å². The number of allylic oxidation sites excluding steroid dienone is 1. The summed E-state index contributed by atoms with van der Waals surface area (Å²) in [5.74, 6) is 0.721. The van der Waals surface area contributed by atoms with Crippen LogP contribution in [0, 0.1) is 0 Å². The Labute approximate surface area is 166 Å². The second kappa shape index (κ2) is 8.08. The molecule has 2 aromatic rings. The number of ether oxygens (including phenoxy) is 2. The molecule has 1 aliphatic rings. The van der Waals surface area contributed by atoms with E-state index in [-0.39, 0.29) is 6.10 Å². The van der Waals surface area contributed by atoms with Gasteiger partial charge in [-0.15, -0.1) is 0 Å². The lowest BCUT2D eigenvalue weighted by atomic mass is 9.95. The van der Waals surface area contributed by atoms with Crippen molar-refractivity contribution in [3.63, 3.8) is 0 Å². The Morgan fingerprint density at radius 1 is 1.41 bits per heavy atom. The third kappa shape index (κ3) is 3.97. The van der Waals surface area contributed by atoms with Gasteiger partial charge in [0.1, 0.15) is 11.8 Å². The van der Waals surface area contributed by atoms with E-state index in [1.54, 1.807) is 4.68 Å². The number of hydrogen-bond donors (Lipinski definition) is 1. The van der Waals surface area contributed by atoms with E-state index in [0.717, 1.165) is 16.5 Å². The number of benzene rings is 1. The first kappa shape index (κ1) is 19.3. The Hall–Kier alpha value is -2.42. The Bertz CT molecular complexity index is 878. The summed E-state index contributed by atoms with van der Waals surface area (Å²) in [4.78, 5) is 12.9. The first-order chi connectivity index (χ1) is 12.9. The molecule has 1 aromatic carbocycles. The number of carbonyl (C=O) groups is 1. The largest absolute Gasteiger partial charge is 0.493 e. The van der Waals surface area contributed by atoms with Gasteiger partial charge in [-0.05, 0) is 55.8 Å². The van der Waals surface area contributed by atoms with Crippen molar-refractivity contribution in [3.8, 4) is 5.75 Å². The minimum atomic E-state index is -0.563. The highest BCUT2D eigenvalue weighted by Gasteiger charge is 2.37. The molecule has 0 aliphatic carbocycles. The summed E-state index contributed by atoms with van der Waals surface area (Å²) >= 11 is 3.51. The highest BCUT2D eigenvalue weighted by Crippen LogP contribution is 2.40. The molecule has 3 rings (SSSR count). The summed E-state index contributed by atoms with van der Waals surface area (Å²) in [5, 5.41) is 14.9. The van der Waals surface area contributed by atoms with Gasteiger partial charge in [0.05, 0.1) is 18.3 Å². The number of esters is 1. The van der Waals surface area contributed by atoms with Crippen LogP contribution in [0.15, 0.2) is 33.9 Å². The number of aromatic nitrogens is 4. The number of carbonyl (C=O) groups excluding carboxylic acids is 1. The van der Waals surface area contributed by atoms with E-state index in [1.807, 2.05) is 45.9 Å². The molecule has 9 heteroatoms. The number of fused-ring (bicyclic) bond motifs is 1. The molecule has 0 bridgehead atoms. The van der Waals surface area contributed by atoms with Crippen molar-refractivity contribution in [1.29, 1.82) is 0 Å². The molecule has 144 valence electrons. The van der Waals surface area contributed by atoms with Gasteiger partial charge in [-0.25, -0.2) is 4.79 Å². The van der Waals surface area contributed by atoms with Crippen molar-refractivity contribution in [2.75, 3.05) is 11.9 Å². The molecule has 27 heavy (non-hydrogen) atoms. The summed E-state index contributed by atoms with van der Waals surface area (Å²) in [6, 6.07) is 5.13. The standard InChI is InChI=1S/C18H22BrN5O3/c1-5-8-26-14-7-6-12(19)9-13(14)16-15(17(25)27-10(2)3)11(4)20-18-21-22-23-24(16)18/h6-7,9-10,16H,5,8H2,1-4H3,(H,20,21,23)/t16-/m0/s1. The Morgan fingerprint density at radius 3 is 2.89 bits per heavy atom. The molecule has 1 aliphatic heterocycles. The van der Waals surface area contributed by atoms with Crippen LogP contribution >= 0.6 is 15.9 Å². The van der Waals surface area contributed by atoms with Crippen LogP contribution in [0.1, 0.15) is 45.7 Å². The van der Waals surface area contributed by atoms with Crippen LogP contribution in [0.5, 0.6) is 5.75 Å². The van der Waals surface area contributed by atoms with Gasteiger partial charge < -0.3 is 14.8 Å². The van der Waals surface area contributed by atoms with Crippen LogP contribution in [0.3, 0.4) is 0 Å². The number of nitrogens with one attached hydrogen (secondary N) is 1. The maximum atomic E-state index is 12.9. The quantitative estimate of drug-likeness (QED) is 0.694. The van der Waals surface area contributed by atoms with E-state index >= 15 is 0 Å². The lowest BCUT2D eigenvalue weighted by Gasteiger charge is -2.29. The fourth-order valence-electron chi connectivity index (χ4n) is 2.92. The van der Waals surface area contributed by atoms with Crippen LogP contribution in [0.25, 0.3) is 0 Å². The van der Waals surface area contributed by atoms with Crippen molar-refractivity contribution in [1.82, 2.24) is 20.2 Å². The van der Waals surface area contributed by atoms with Crippen molar-refractivity contribution in [2.24, 2.45) is 0 Å². The molecule has 0 saturated heterocycles. The van der Waals surface area contributed by atoms with Gasteiger partial charge in [0, 0.05) is 15.7 Å². The van der Waals surface area contributed by atoms with Gasteiger partial charge in [0.25, 0.3) is 0 Å². The first-order valence-electron chi connectivity index (χ1n) is 8.81. The molecule has 2 heterocycles. The monoisotopic (exact) mass is 435 g/mol. The third-order valence-corrected chi connectivity index (χ3v) is 4.50.